The topological polar surface area (TPSA) is 73.1 Å². The zero-order valence-electron chi connectivity index (χ0n) is 16.0. The van der Waals surface area contributed by atoms with Gasteiger partial charge in [-0.05, 0) is 43.2 Å². The fourth-order valence-corrected chi connectivity index (χ4v) is 3.64. The molecule has 0 unspecified atom stereocenters. The Hall–Kier alpha value is -3.46. The Morgan fingerprint density at radius 2 is 1.86 bits per heavy atom. The van der Waals surface area contributed by atoms with Gasteiger partial charge in [-0.2, -0.15) is 5.26 Å². The largest absolute Gasteiger partial charge is 0.352 e. The third-order valence-electron chi connectivity index (χ3n) is 5.28. The summed E-state index contributed by atoms with van der Waals surface area (Å²) in [6.07, 6.45) is 3.26. The van der Waals surface area contributed by atoms with Gasteiger partial charge < -0.3 is 9.80 Å². The molecule has 0 aliphatic carbocycles. The second kappa shape index (κ2) is 7.28. The van der Waals surface area contributed by atoms with Gasteiger partial charge in [0, 0.05) is 44.0 Å². The number of carbonyl (C=O) groups excluding carboxylic acids is 1. The number of carbonyl (C=O) groups is 1. The molecule has 1 fully saturated rings. The van der Waals surface area contributed by atoms with Gasteiger partial charge >= 0.3 is 0 Å². The molecule has 140 valence electrons. The maximum atomic E-state index is 12.6. The number of aromatic nitrogens is 2. The molecule has 0 saturated carbocycles. The van der Waals surface area contributed by atoms with Gasteiger partial charge in [0.25, 0.3) is 5.91 Å². The van der Waals surface area contributed by atoms with Gasteiger partial charge in [-0.15, -0.1) is 0 Å². The third kappa shape index (κ3) is 3.16. The number of nitrogens with zero attached hydrogens (tertiary/aromatic N) is 5. The molecular weight excluding hydrogens is 350 g/mol. The van der Waals surface area contributed by atoms with Crippen LogP contribution in [-0.4, -0.2) is 47.0 Å². The van der Waals surface area contributed by atoms with E-state index in [9.17, 15) is 10.1 Å². The quantitative estimate of drug-likeness (QED) is 0.692. The first kappa shape index (κ1) is 17.9. The second-order valence-electron chi connectivity index (χ2n) is 7.09. The van der Waals surface area contributed by atoms with Gasteiger partial charge in [0.1, 0.15) is 11.9 Å². The average molecular weight is 371 g/mol. The van der Waals surface area contributed by atoms with Crippen LogP contribution in [0.4, 0.5) is 5.82 Å². The van der Waals surface area contributed by atoms with Crippen LogP contribution in [0.25, 0.3) is 10.9 Å². The van der Waals surface area contributed by atoms with E-state index in [1.54, 1.807) is 24.5 Å². The zero-order chi connectivity index (χ0) is 19.7. The average Bonchev–Trinajstić information content (AvgIpc) is 2.76. The summed E-state index contributed by atoms with van der Waals surface area (Å²) in [4.78, 5) is 25.4. The number of benzene rings is 1. The molecule has 0 spiro atoms. The number of hydrogen-bond acceptors (Lipinski definition) is 5. The summed E-state index contributed by atoms with van der Waals surface area (Å²) < 4.78 is 0. The molecule has 1 aliphatic rings. The molecule has 1 aliphatic heterocycles. The Morgan fingerprint density at radius 1 is 1.11 bits per heavy atom. The van der Waals surface area contributed by atoms with E-state index in [0.717, 1.165) is 22.0 Å². The SMILES string of the molecule is Cc1ccc(C)c2nc(N3CCN(C(=O)c4cccnc4)CC3)c(C#N)cc12. The van der Waals surface area contributed by atoms with E-state index in [4.69, 9.17) is 4.98 Å². The predicted octanol–water partition coefficient (Wildman–Crippen LogP) is 3.08. The van der Waals surface area contributed by atoms with Crippen molar-refractivity contribution < 1.29 is 4.79 Å². The van der Waals surface area contributed by atoms with Crippen LogP contribution in [0.5, 0.6) is 0 Å². The lowest BCUT2D eigenvalue weighted by Crippen LogP contribution is -2.49. The summed E-state index contributed by atoms with van der Waals surface area (Å²) in [6.45, 7) is 6.53. The van der Waals surface area contributed by atoms with Gasteiger partial charge in [0.2, 0.25) is 0 Å². The van der Waals surface area contributed by atoms with Crippen LogP contribution in [0.2, 0.25) is 0 Å². The van der Waals surface area contributed by atoms with Crippen LogP contribution in [-0.2, 0) is 0 Å². The highest BCUT2D eigenvalue weighted by Crippen LogP contribution is 2.28. The number of hydrogen-bond donors (Lipinski definition) is 0. The van der Waals surface area contributed by atoms with Gasteiger partial charge in [-0.25, -0.2) is 4.98 Å². The smallest absolute Gasteiger partial charge is 0.255 e. The zero-order valence-corrected chi connectivity index (χ0v) is 16.0. The first-order valence-electron chi connectivity index (χ1n) is 9.34. The first-order chi connectivity index (χ1) is 13.6. The molecule has 0 bridgehead atoms. The van der Waals surface area contributed by atoms with E-state index in [0.29, 0.717) is 43.1 Å². The van der Waals surface area contributed by atoms with Crippen molar-refractivity contribution in [3.63, 3.8) is 0 Å². The Balaban J connectivity index is 1.59. The summed E-state index contributed by atoms with van der Waals surface area (Å²) in [5, 5.41) is 10.7. The molecule has 28 heavy (non-hydrogen) atoms. The van der Waals surface area contributed by atoms with Crippen molar-refractivity contribution in [1.82, 2.24) is 14.9 Å². The van der Waals surface area contributed by atoms with Crippen LogP contribution in [0.3, 0.4) is 0 Å². The van der Waals surface area contributed by atoms with E-state index < -0.39 is 0 Å². The maximum Gasteiger partial charge on any atom is 0.255 e. The Kier molecular flexibility index (Phi) is 4.66. The van der Waals surface area contributed by atoms with Gasteiger partial charge in [-0.1, -0.05) is 12.1 Å². The highest BCUT2D eigenvalue weighted by atomic mass is 16.2. The van der Waals surface area contributed by atoms with Crippen LogP contribution in [0, 0.1) is 25.2 Å². The molecule has 0 atom stereocenters. The fraction of sp³-hybridized carbons (Fsp3) is 0.273. The fourth-order valence-electron chi connectivity index (χ4n) is 3.64. The first-order valence-corrected chi connectivity index (χ1v) is 9.34. The normalized spacial score (nSPS) is 14.2. The van der Waals surface area contributed by atoms with Gasteiger partial charge in [0.05, 0.1) is 16.6 Å². The van der Waals surface area contributed by atoms with E-state index in [1.165, 1.54) is 0 Å². The lowest BCUT2D eigenvalue weighted by molar-refractivity contribution is 0.0746. The molecule has 1 saturated heterocycles. The molecule has 2 aromatic heterocycles. The van der Waals surface area contributed by atoms with Crippen molar-refractivity contribution in [2.75, 3.05) is 31.1 Å². The van der Waals surface area contributed by atoms with Gasteiger partial charge in [-0.3, -0.25) is 9.78 Å². The van der Waals surface area contributed by atoms with Crippen molar-refractivity contribution >= 4 is 22.6 Å². The summed E-state index contributed by atoms with van der Waals surface area (Å²) in [6, 6.07) is 11.9. The summed E-state index contributed by atoms with van der Waals surface area (Å²) in [5.41, 5.74) is 4.32. The summed E-state index contributed by atoms with van der Waals surface area (Å²) in [5.74, 6) is 0.698. The Labute approximate surface area is 164 Å². The third-order valence-corrected chi connectivity index (χ3v) is 5.28. The molecule has 1 aromatic carbocycles. The molecular formula is C22H21N5O. The van der Waals surface area contributed by atoms with E-state index in [1.807, 2.05) is 24.8 Å². The minimum atomic E-state index is -0.00815. The highest BCUT2D eigenvalue weighted by Gasteiger charge is 2.25. The molecule has 1 amide bonds. The number of piperazine rings is 1. The molecule has 6 heteroatoms. The van der Waals surface area contributed by atoms with Gasteiger partial charge in [0.15, 0.2) is 0 Å². The Bertz CT molecular complexity index is 1080. The highest BCUT2D eigenvalue weighted by molar-refractivity contribution is 5.94. The standard InChI is InChI=1S/C22H21N5O/c1-15-5-6-16(2)20-19(15)12-18(13-23)21(25-20)26-8-10-27(11-9-26)22(28)17-4-3-7-24-14-17/h3-7,12,14H,8-11H2,1-2H3. The number of nitriles is 1. The second-order valence-corrected chi connectivity index (χ2v) is 7.09. The molecule has 4 rings (SSSR count). The van der Waals surface area contributed by atoms with Crippen LogP contribution in [0.15, 0.2) is 42.7 Å². The number of amides is 1. The lowest BCUT2D eigenvalue weighted by atomic mass is 10.0. The minimum Gasteiger partial charge on any atom is -0.352 e. The number of anilines is 1. The molecule has 3 aromatic rings. The summed E-state index contributed by atoms with van der Waals surface area (Å²) >= 11 is 0. The number of pyridine rings is 2. The van der Waals surface area contributed by atoms with Crippen molar-refractivity contribution in [2.45, 2.75) is 13.8 Å². The number of fused-ring (bicyclic) bond motifs is 1. The monoisotopic (exact) mass is 371 g/mol. The van der Waals surface area contributed by atoms with Crippen molar-refractivity contribution in [3.8, 4) is 6.07 Å². The van der Waals surface area contributed by atoms with E-state index in [2.05, 4.69) is 28.1 Å². The number of aryl methyl sites for hydroxylation is 2. The lowest BCUT2D eigenvalue weighted by Gasteiger charge is -2.36. The predicted molar refractivity (Wildman–Crippen MR) is 108 cm³/mol. The molecule has 0 N–H and O–H groups in total. The van der Waals surface area contributed by atoms with Crippen molar-refractivity contribution in [1.29, 1.82) is 5.26 Å². The van der Waals surface area contributed by atoms with Crippen molar-refractivity contribution in [2.24, 2.45) is 0 Å². The van der Waals surface area contributed by atoms with Crippen LogP contribution >= 0.6 is 0 Å². The molecule has 6 nitrogen and oxygen atoms in total. The van der Waals surface area contributed by atoms with Crippen molar-refractivity contribution in [3.05, 3.63) is 65.0 Å². The minimum absolute atomic E-state index is 0.00815. The molecule has 3 heterocycles. The van der Waals surface area contributed by atoms with Crippen LogP contribution < -0.4 is 4.90 Å². The molecule has 0 radical (unpaired) electrons. The van der Waals surface area contributed by atoms with Crippen LogP contribution in [0.1, 0.15) is 27.0 Å². The number of rotatable bonds is 2. The van der Waals surface area contributed by atoms with E-state index >= 15 is 0 Å². The maximum absolute atomic E-state index is 12.6. The Morgan fingerprint density at radius 3 is 2.54 bits per heavy atom. The van der Waals surface area contributed by atoms with E-state index in [-0.39, 0.29) is 5.91 Å². The summed E-state index contributed by atoms with van der Waals surface area (Å²) in [7, 11) is 0.